The molecule has 0 radical (unpaired) electrons. The Hall–Kier alpha value is -0.560. The quantitative estimate of drug-likeness (QED) is 0.595. The van der Waals surface area contributed by atoms with Gasteiger partial charge >= 0.3 is 0 Å². The topological polar surface area (TPSA) is 20.2 Å². The highest BCUT2D eigenvalue weighted by atomic mass is 16.3. The molecule has 0 aromatic rings. The van der Waals surface area contributed by atoms with Gasteiger partial charge in [-0.2, -0.15) is 0 Å². The van der Waals surface area contributed by atoms with Crippen molar-refractivity contribution in [2.75, 3.05) is 0 Å². The minimum atomic E-state index is -0.0803. The molecule has 1 heteroatoms. The average molecular weight is 329 g/mol. The predicted octanol–water partition coefficient (Wildman–Crippen LogP) is 5.89. The molecule has 0 spiro atoms. The molecule has 0 aromatic carbocycles. The maximum atomic E-state index is 10.1. The summed E-state index contributed by atoms with van der Waals surface area (Å²) in [5.41, 5.74) is 4.03. The molecule has 0 bridgehead atoms. The van der Waals surface area contributed by atoms with Crippen LogP contribution in [0.4, 0.5) is 0 Å². The van der Waals surface area contributed by atoms with E-state index in [-0.39, 0.29) is 6.10 Å². The zero-order valence-corrected chi connectivity index (χ0v) is 16.1. The fraction of sp³-hybridized carbons (Fsp3) is 0.826. The standard InChI is InChI=1S/C23H36O/c1-15(2)13-16-6-8-20-19-7-5-17-14-18(24)9-11-22(17,3)21(19)10-12-23(16,20)4/h5,13,16,18-21,24H,6-12,14H2,1-4H3/t16-,18+,19+,20+,21+,22+,23-/m1/s1. The van der Waals surface area contributed by atoms with Crippen molar-refractivity contribution in [3.05, 3.63) is 23.3 Å². The molecule has 1 N–H and O–H groups in total. The van der Waals surface area contributed by atoms with Gasteiger partial charge in [0, 0.05) is 0 Å². The van der Waals surface area contributed by atoms with Gasteiger partial charge in [-0.1, -0.05) is 37.1 Å². The Morgan fingerprint density at radius 2 is 1.88 bits per heavy atom. The average Bonchev–Trinajstić information content (AvgIpc) is 2.84. The van der Waals surface area contributed by atoms with E-state index in [1.165, 1.54) is 44.1 Å². The highest BCUT2D eigenvalue weighted by Crippen LogP contribution is 2.66. The Bertz CT molecular complexity index is 569. The van der Waals surface area contributed by atoms with Crippen LogP contribution in [0, 0.1) is 34.5 Å². The van der Waals surface area contributed by atoms with Crippen molar-refractivity contribution in [1.29, 1.82) is 0 Å². The summed E-state index contributed by atoms with van der Waals surface area (Å²) >= 11 is 0. The van der Waals surface area contributed by atoms with E-state index in [9.17, 15) is 5.11 Å². The van der Waals surface area contributed by atoms with Crippen LogP contribution in [0.25, 0.3) is 0 Å². The molecule has 1 nitrogen and oxygen atoms in total. The molecule has 7 atom stereocenters. The lowest BCUT2D eigenvalue weighted by Gasteiger charge is -2.58. The largest absolute Gasteiger partial charge is 0.393 e. The maximum absolute atomic E-state index is 10.1. The second-order valence-electron chi connectivity index (χ2n) is 10.1. The Balaban J connectivity index is 1.64. The third kappa shape index (κ3) is 2.37. The van der Waals surface area contributed by atoms with Crippen molar-refractivity contribution < 1.29 is 5.11 Å². The van der Waals surface area contributed by atoms with Crippen molar-refractivity contribution in [2.24, 2.45) is 34.5 Å². The summed E-state index contributed by atoms with van der Waals surface area (Å²) in [4.78, 5) is 0. The first kappa shape index (κ1) is 16.9. The van der Waals surface area contributed by atoms with Gasteiger partial charge in [-0.15, -0.1) is 0 Å². The van der Waals surface area contributed by atoms with Gasteiger partial charge in [-0.05, 0) is 99.7 Å². The van der Waals surface area contributed by atoms with Crippen LogP contribution in [0.5, 0.6) is 0 Å². The first-order valence-electron chi connectivity index (χ1n) is 10.4. The summed E-state index contributed by atoms with van der Waals surface area (Å²) in [5, 5.41) is 10.1. The van der Waals surface area contributed by atoms with E-state index in [2.05, 4.69) is 39.8 Å². The highest BCUT2D eigenvalue weighted by molar-refractivity contribution is 5.25. The highest BCUT2D eigenvalue weighted by Gasteiger charge is 2.58. The summed E-state index contributed by atoms with van der Waals surface area (Å²) in [7, 11) is 0. The van der Waals surface area contributed by atoms with E-state index in [0.29, 0.717) is 10.8 Å². The molecule has 0 saturated heterocycles. The number of fused-ring (bicyclic) bond motifs is 5. The fourth-order valence-electron chi connectivity index (χ4n) is 7.36. The third-order valence-electron chi connectivity index (χ3n) is 8.69. The normalized spacial score (nSPS) is 50.4. The molecule has 4 rings (SSSR count). The summed E-state index contributed by atoms with van der Waals surface area (Å²) in [5.74, 6) is 3.48. The van der Waals surface area contributed by atoms with Gasteiger partial charge < -0.3 is 5.11 Å². The minimum Gasteiger partial charge on any atom is -0.393 e. The van der Waals surface area contributed by atoms with Crippen LogP contribution in [0.15, 0.2) is 23.3 Å². The first-order chi connectivity index (χ1) is 11.3. The molecule has 24 heavy (non-hydrogen) atoms. The van der Waals surface area contributed by atoms with Gasteiger partial charge in [0.1, 0.15) is 0 Å². The number of rotatable bonds is 1. The van der Waals surface area contributed by atoms with E-state index in [1.807, 2.05) is 0 Å². The number of hydrogen-bond acceptors (Lipinski definition) is 1. The summed E-state index contributed by atoms with van der Waals surface area (Å²) in [6.45, 7) is 9.68. The van der Waals surface area contributed by atoms with Crippen molar-refractivity contribution in [2.45, 2.75) is 85.2 Å². The molecule has 0 aromatic heterocycles. The molecular formula is C23H36O. The first-order valence-corrected chi connectivity index (χ1v) is 10.4. The predicted molar refractivity (Wildman–Crippen MR) is 101 cm³/mol. The molecule has 4 aliphatic carbocycles. The van der Waals surface area contributed by atoms with Crippen molar-refractivity contribution in [1.82, 2.24) is 0 Å². The Morgan fingerprint density at radius 3 is 2.62 bits per heavy atom. The fourth-order valence-corrected chi connectivity index (χ4v) is 7.36. The van der Waals surface area contributed by atoms with Crippen LogP contribution in [0.1, 0.15) is 79.1 Å². The second kappa shape index (κ2) is 5.73. The van der Waals surface area contributed by atoms with Crippen molar-refractivity contribution in [3.63, 3.8) is 0 Å². The zero-order chi connectivity index (χ0) is 17.1. The number of hydrogen-bond donors (Lipinski definition) is 1. The van der Waals surface area contributed by atoms with E-state index in [1.54, 1.807) is 5.57 Å². The van der Waals surface area contributed by atoms with Gasteiger partial charge in [-0.3, -0.25) is 0 Å². The lowest BCUT2D eigenvalue weighted by atomic mass is 9.47. The van der Waals surface area contributed by atoms with Crippen LogP contribution in [0.3, 0.4) is 0 Å². The van der Waals surface area contributed by atoms with E-state index in [0.717, 1.165) is 36.5 Å². The van der Waals surface area contributed by atoms with Gasteiger partial charge in [0.2, 0.25) is 0 Å². The Kier molecular flexibility index (Phi) is 4.03. The smallest absolute Gasteiger partial charge is 0.0577 e. The number of allylic oxidation sites excluding steroid dienone is 3. The van der Waals surface area contributed by atoms with Gasteiger partial charge in [0.05, 0.1) is 6.10 Å². The van der Waals surface area contributed by atoms with Crippen LogP contribution in [0.2, 0.25) is 0 Å². The molecule has 3 saturated carbocycles. The maximum Gasteiger partial charge on any atom is 0.0577 e. The Labute approximate surface area is 148 Å². The monoisotopic (exact) mass is 328 g/mol. The SMILES string of the molecule is CC(C)=C[C@H]1CC[C@H]2[C@@H]3CC=C4C[C@@H](O)CC[C@]4(C)[C@H]3CC[C@]12C. The zero-order valence-electron chi connectivity index (χ0n) is 16.1. The van der Waals surface area contributed by atoms with E-state index in [4.69, 9.17) is 0 Å². The van der Waals surface area contributed by atoms with Gasteiger partial charge in [-0.25, -0.2) is 0 Å². The molecule has 134 valence electrons. The molecule has 0 aliphatic heterocycles. The molecular weight excluding hydrogens is 292 g/mol. The van der Waals surface area contributed by atoms with Gasteiger partial charge in [0.25, 0.3) is 0 Å². The van der Waals surface area contributed by atoms with Crippen LogP contribution in [-0.4, -0.2) is 11.2 Å². The lowest BCUT2D eigenvalue weighted by Crippen LogP contribution is -2.50. The van der Waals surface area contributed by atoms with Crippen LogP contribution < -0.4 is 0 Å². The number of aliphatic hydroxyl groups excluding tert-OH is 1. The van der Waals surface area contributed by atoms with Crippen LogP contribution in [-0.2, 0) is 0 Å². The molecule has 4 aliphatic rings. The molecule has 0 unspecified atom stereocenters. The third-order valence-corrected chi connectivity index (χ3v) is 8.69. The minimum absolute atomic E-state index is 0.0803. The molecule has 0 heterocycles. The lowest BCUT2D eigenvalue weighted by molar-refractivity contribution is -0.0443. The van der Waals surface area contributed by atoms with E-state index < -0.39 is 0 Å². The van der Waals surface area contributed by atoms with Crippen molar-refractivity contribution >= 4 is 0 Å². The van der Waals surface area contributed by atoms with Crippen molar-refractivity contribution in [3.8, 4) is 0 Å². The summed E-state index contributed by atoms with van der Waals surface area (Å²) < 4.78 is 0. The summed E-state index contributed by atoms with van der Waals surface area (Å²) in [6.07, 6.45) is 15.2. The summed E-state index contributed by atoms with van der Waals surface area (Å²) in [6, 6.07) is 0. The Morgan fingerprint density at radius 1 is 1.08 bits per heavy atom. The molecule has 0 amide bonds. The molecule has 3 fully saturated rings. The van der Waals surface area contributed by atoms with E-state index >= 15 is 0 Å². The number of aliphatic hydroxyl groups is 1. The van der Waals surface area contributed by atoms with Gasteiger partial charge in [0.15, 0.2) is 0 Å². The second-order valence-corrected chi connectivity index (χ2v) is 10.1. The van der Waals surface area contributed by atoms with Crippen LogP contribution >= 0.6 is 0 Å².